The highest BCUT2D eigenvalue weighted by molar-refractivity contribution is 6.02. The van der Waals surface area contributed by atoms with Crippen LogP contribution in [0.5, 0.6) is 0 Å². The molecule has 2 aromatic rings. The van der Waals surface area contributed by atoms with Crippen molar-refractivity contribution in [3.8, 4) is 0 Å². The maximum absolute atomic E-state index is 13.4. The van der Waals surface area contributed by atoms with E-state index in [4.69, 9.17) is 4.74 Å². The molecule has 0 spiro atoms. The lowest BCUT2D eigenvalue weighted by Crippen LogP contribution is -2.55. The molecule has 1 N–H and O–H groups in total. The lowest BCUT2D eigenvalue weighted by atomic mass is 9.40. The van der Waals surface area contributed by atoms with E-state index in [1.54, 1.807) is 0 Å². The SMILES string of the molecule is CC12CC3CC(C)(C1)CC(CC(=O)Nc1cccc4c(=O)n(CCCN5CCOCC5)ccc14)(C3)C2. The van der Waals surface area contributed by atoms with E-state index in [9.17, 15) is 9.59 Å². The Morgan fingerprint density at radius 1 is 1.00 bits per heavy atom. The van der Waals surface area contributed by atoms with Crippen LogP contribution in [-0.2, 0) is 16.1 Å². The first kappa shape index (κ1) is 24.2. The topological polar surface area (TPSA) is 63.6 Å². The van der Waals surface area contributed by atoms with Gasteiger partial charge in [-0.3, -0.25) is 14.5 Å². The highest BCUT2D eigenvalue weighted by Gasteiger charge is 2.60. The van der Waals surface area contributed by atoms with Crippen LogP contribution in [-0.4, -0.2) is 48.2 Å². The summed E-state index contributed by atoms with van der Waals surface area (Å²) >= 11 is 0. The first-order valence-electron chi connectivity index (χ1n) is 14.0. The van der Waals surface area contributed by atoms with Crippen LogP contribution < -0.4 is 10.9 Å². The van der Waals surface area contributed by atoms with Crippen LogP contribution >= 0.6 is 0 Å². The number of carbonyl (C=O) groups is 1. The van der Waals surface area contributed by atoms with Gasteiger partial charge in [0.05, 0.1) is 13.2 Å². The number of carbonyl (C=O) groups excluding carboxylic acids is 1. The van der Waals surface area contributed by atoms with Gasteiger partial charge in [-0.15, -0.1) is 0 Å². The summed E-state index contributed by atoms with van der Waals surface area (Å²) in [6, 6.07) is 7.70. The molecule has 1 saturated heterocycles. The van der Waals surface area contributed by atoms with Crippen molar-refractivity contribution in [1.82, 2.24) is 9.47 Å². The van der Waals surface area contributed by atoms with E-state index in [-0.39, 0.29) is 16.9 Å². The van der Waals surface area contributed by atoms with Crippen molar-refractivity contribution >= 4 is 22.4 Å². The fourth-order valence-corrected chi connectivity index (χ4v) is 9.31. The molecule has 4 saturated carbocycles. The predicted octanol–water partition coefficient (Wildman–Crippen LogP) is 5.05. The third-order valence-corrected chi connectivity index (χ3v) is 9.55. The number of amides is 1. The summed E-state index contributed by atoms with van der Waals surface area (Å²) in [5, 5.41) is 4.73. The van der Waals surface area contributed by atoms with Gasteiger partial charge in [0.15, 0.2) is 0 Å². The Morgan fingerprint density at radius 3 is 2.47 bits per heavy atom. The fourth-order valence-electron chi connectivity index (χ4n) is 9.31. The average molecular weight is 492 g/mol. The number of fused-ring (bicyclic) bond motifs is 1. The van der Waals surface area contributed by atoms with Crippen LogP contribution in [0, 0.1) is 22.2 Å². The summed E-state index contributed by atoms with van der Waals surface area (Å²) in [6.45, 7) is 10.1. The van der Waals surface area contributed by atoms with E-state index in [1.807, 2.05) is 35.0 Å². The van der Waals surface area contributed by atoms with Crippen LogP contribution in [0.15, 0.2) is 35.3 Å². The van der Waals surface area contributed by atoms with Crippen LogP contribution in [0.4, 0.5) is 5.69 Å². The molecule has 4 aliphatic carbocycles. The average Bonchev–Trinajstić information content (AvgIpc) is 2.79. The number of aryl methyl sites for hydroxylation is 1. The van der Waals surface area contributed by atoms with Gasteiger partial charge in [-0.2, -0.15) is 0 Å². The molecule has 194 valence electrons. The molecule has 2 atom stereocenters. The maximum atomic E-state index is 13.4. The van der Waals surface area contributed by atoms with E-state index >= 15 is 0 Å². The number of pyridine rings is 1. The Balaban J connectivity index is 1.15. The minimum Gasteiger partial charge on any atom is -0.379 e. The van der Waals surface area contributed by atoms with Crippen molar-refractivity contribution < 1.29 is 9.53 Å². The van der Waals surface area contributed by atoms with Gasteiger partial charge >= 0.3 is 0 Å². The van der Waals surface area contributed by atoms with E-state index < -0.39 is 0 Å². The number of benzene rings is 1. The van der Waals surface area contributed by atoms with Crippen LogP contribution in [0.25, 0.3) is 10.8 Å². The van der Waals surface area contributed by atoms with Gasteiger partial charge in [0.1, 0.15) is 0 Å². The standard InChI is InChI=1S/C30H41N3O3/c1-28-15-22-16-29(2,19-28)21-30(17-22,20-28)18-26(34)31-25-6-3-5-24-23(25)7-10-33(27(24)35)9-4-8-32-11-13-36-14-12-32/h3,5-7,10,22H,4,8-9,11-21H2,1-2H3,(H,31,34). The Labute approximate surface area is 214 Å². The van der Waals surface area contributed by atoms with Gasteiger partial charge in [-0.1, -0.05) is 19.9 Å². The molecule has 0 radical (unpaired) electrons. The van der Waals surface area contributed by atoms with Crippen molar-refractivity contribution in [3.63, 3.8) is 0 Å². The largest absolute Gasteiger partial charge is 0.379 e. The van der Waals surface area contributed by atoms with E-state index in [0.717, 1.165) is 56.3 Å². The zero-order valence-corrected chi connectivity index (χ0v) is 22.0. The van der Waals surface area contributed by atoms with Crippen LogP contribution in [0.1, 0.15) is 65.2 Å². The fraction of sp³-hybridized carbons (Fsp3) is 0.667. The Bertz CT molecular complexity index is 1200. The van der Waals surface area contributed by atoms with Gasteiger partial charge in [0, 0.05) is 55.3 Å². The lowest BCUT2D eigenvalue weighted by Gasteiger charge is -2.65. The molecule has 6 nitrogen and oxygen atoms in total. The summed E-state index contributed by atoms with van der Waals surface area (Å²) in [5.74, 6) is 0.884. The van der Waals surface area contributed by atoms with Crippen molar-refractivity contribution in [2.75, 3.05) is 38.2 Å². The maximum Gasteiger partial charge on any atom is 0.258 e. The molecule has 1 aromatic carbocycles. The summed E-state index contributed by atoms with van der Waals surface area (Å²) in [6.07, 6.45) is 11.0. The number of anilines is 1. The van der Waals surface area contributed by atoms with E-state index in [2.05, 4.69) is 24.1 Å². The highest BCUT2D eigenvalue weighted by atomic mass is 16.5. The number of hydrogen-bond acceptors (Lipinski definition) is 4. The van der Waals surface area contributed by atoms with Crippen molar-refractivity contribution in [2.24, 2.45) is 22.2 Å². The van der Waals surface area contributed by atoms with Crippen molar-refractivity contribution in [3.05, 3.63) is 40.8 Å². The molecular weight excluding hydrogens is 450 g/mol. The van der Waals surface area contributed by atoms with Crippen molar-refractivity contribution in [1.29, 1.82) is 0 Å². The Hall–Kier alpha value is -2.18. The normalized spacial score (nSPS) is 33.8. The molecular formula is C30H41N3O3. The smallest absolute Gasteiger partial charge is 0.258 e. The summed E-state index contributed by atoms with van der Waals surface area (Å²) < 4.78 is 7.23. The minimum absolute atomic E-state index is 0.0208. The summed E-state index contributed by atoms with van der Waals surface area (Å²) in [4.78, 5) is 29.0. The number of nitrogens with one attached hydrogen (secondary N) is 1. The third kappa shape index (κ3) is 4.63. The molecule has 5 fully saturated rings. The molecule has 36 heavy (non-hydrogen) atoms. The highest BCUT2D eigenvalue weighted by Crippen LogP contribution is 2.70. The second-order valence-electron chi connectivity index (χ2n) is 13.2. The second-order valence-corrected chi connectivity index (χ2v) is 13.2. The number of aromatic nitrogens is 1. The molecule has 4 bridgehead atoms. The molecule has 2 unspecified atom stereocenters. The Kier molecular flexibility index (Phi) is 6.03. The van der Waals surface area contributed by atoms with Gasteiger partial charge < -0.3 is 14.6 Å². The van der Waals surface area contributed by atoms with Gasteiger partial charge in [-0.05, 0) is 85.3 Å². The van der Waals surface area contributed by atoms with Crippen LogP contribution in [0.3, 0.4) is 0 Å². The molecule has 6 heteroatoms. The Morgan fingerprint density at radius 2 is 1.75 bits per heavy atom. The number of morpholine rings is 1. The minimum atomic E-state index is 0.0208. The lowest BCUT2D eigenvalue weighted by molar-refractivity contribution is -0.153. The number of rotatable bonds is 7. The summed E-state index contributed by atoms with van der Waals surface area (Å²) in [7, 11) is 0. The molecule has 1 aliphatic heterocycles. The molecule has 5 aliphatic rings. The van der Waals surface area contributed by atoms with E-state index in [0.29, 0.717) is 29.2 Å². The molecule has 1 amide bonds. The van der Waals surface area contributed by atoms with Crippen LogP contribution in [0.2, 0.25) is 0 Å². The van der Waals surface area contributed by atoms with Gasteiger partial charge in [0.2, 0.25) is 5.91 Å². The van der Waals surface area contributed by atoms with Gasteiger partial charge in [-0.25, -0.2) is 0 Å². The van der Waals surface area contributed by atoms with Crippen molar-refractivity contribution in [2.45, 2.75) is 71.8 Å². The number of hydrogen-bond donors (Lipinski definition) is 1. The first-order chi connectivity index (χ1) is 17.2. The second kappa shape index (κ2) is 8.98. The first-order valence-corrected chi connectivity index (χ1v) is 14.0. The predicted molar refractivity (Wildman–Crippen MR) is 143 cm³/mol. The quantitative estimate of drug-likeness (QED) is 0.589. The number of nitrogens with zero attached hydrogens (tertiary/aromatic N) is 2. The molecule has 1 aromatic heterocycles. The number of ether oxygens (including phenoxy) is 1. The third-order valence-electron chi connectivity index (χ3n) is 9.55. The zero-order chi connectivity index (χ0) is 25.0. The molecule has 2 heterocycles. The zero-order valence-electron chi connectivity index (χ0n) is 22.0. The van der Waals surface area contributed by atoms with E-state index in [1.165, 1.54) is 38.5 Å². The molecule has 7 rings (SSSR count). The van der Waals surface area contributed by atoms with Gasteiger partial charge in [0.25, 0.3) is 5.56 Å². The summed E-state index contributed by atoms with van der Waals surface area (Å²) in [5.41, 5.74) is 1.73. The monoisotopic (exact) mass is 491 g/mol.